The Balaban J connectivity index is 1.91. The van der Waals surface area contributed by atoms with Gasteiger partial charge in [-0.15, -0.1) is 0 Å². The molecule has 0 saturated heterocycles. The fourth-order valence-corrected chi connectivity index (χ4v) is 3.90. The summed E-state index contributed by atoms with van der Waals surface area (Å²) in [7, 11) is 0. The van der Waals surface area contributed by atoms with E-state index in [1.165, 1.54) is 12.0 Å². The highest BCUT2D eigenvalue weighted by atomic mass is 15.2. The molecular weight excluding hydrogens is 266 g/mol. The van der Waals surface area contributed by atoms with Crippen molar-refractivity contribution in [2.24, 2.45) is 0 Å². The summed E-state index contributed by atoms with van der Waals surface area (Å²) in [6.45, 7) is 8.22. The summed E-state index contributed by atoms with van der Waals surface area (Å²) in [6.07, 6.45) is 2.37. The van der Waals surface area contributed by atoms with Crippen LogP contribution in [0.3, 0.4) is 0 Å². The minimum Gasteiger partial charge on any atom is -0.293 e. The minimum atomic E-state index is 0.472. The summed E-state index contributed by atoms with van der Waals surface area (Å²) in [5, 5.41) is 0. The number of nitrogens with zero attached hydrogens (tertiary/aromatic N) is 1. The molecule has 0 amide bonds. The van der Waals surface area contributed by atoms with Crippen molar-refractivity contribution in [3.63, 3.8) is 0 Å². The maximum Gasteiger partial charge on any atom is 0.0323 e. The molecule has 0 aromatic heterocycles. The third-order valence-corrected chi connectivity index (χ3v) is 5.28. The zero-order chi connectivity index (χ0) is 15.5. The Morgan fingerprint density at radius 3 is 2.45 bits per heavy atom. The second-order valence-corrected chi connectivity index (χ2v) is 6.64. The molecule has 0 saturated carbocycles. The fraction of sp³-hybridized carbons (Fsp3) is 0.429. The molecule has 0 N–H and O–H groups in total. The number of hydrogen-bond donors (Lipinski definition) is 0. The smallest absolute Gasteiger partial charge is 0.0323 e. The van der Waals surface area contributed by atoms with Crippen LogP contribution in [0.2, 0.25) is 0 Å². The molecule has 0 unspecified atom stereocenters. The Morgan fingerprint density at radius 1 is 1.05 bits per heavy atom. The van der Waals surface area contributed by atoms with E-state index in [1.54, 1.807) is 11.1 Å². The Hall–Kier alpha value is -1.60. The van der Waals surface area contributed by atoms with Crippen LogP contribution in [-0.4, -0.2) is 17.5 Å². The molecule has 1 nitrogen and oxygen atoms in total. The van der Waals surface area contributed by atoms with Crippen LogP contribution in [0.1, 0.15) is 55.8 Å². The van der Waals surface area contributed by atoms with E-state index in [0.29, 0.717) is 18.0 Å². The molecule has 2 aromatic carbocycles. The molecule has 0 radical (unpaired) electrons. The van der Waals surface area contributed by atoms with Crippen molar-refractivity contribution < 1.29 is 0 Å². The first kappa shape index (κ1) is 15.3. The molecule has 1 aliphatic heterocycles. The van der Waals surface area contributed by atoms with E-state index in [2.05, 4.69) is 80.3 Å². The van der Waals surface area contributed by atoms with Gasteiger partial charge in [-0.1, -0.05) is 61.5 Å². The summed E-state index contributed by atoms with van der Waals surface area (Å²) in [6, 6.07) is 21.0. The van der Waals surface area contributed by atoms with Gasteiger partial charge in [0, 0.05) is 18.6 Å². The number of hydrogen-bond acceptors (Lipinski definition) is 1. The van der Waals surface area contributed by atoms with Crippen molar-refractivity contribution in [2.45, 2.75) is 51.6 Å². The van der Waals surface area contributed by atoms with Crippen molar-refractivity contribution in [3.05, 3.63) is 71.3 Å². The largest absolute Gasteiger partial charge is 0.293 e. The topological polar surface area (TPSA) is 3.24 Å². The molecule has 116 valence electrons. The second kappa shape index (κ2) is 6.66. The van der Waals surface area contributed by atoms with E-state index < -0.39 is 0 Å². The monoisotopic (exact) mass is 293 g/mol. The molecule has 2 aromatic rings. The fourth-order valence-electron chi connectivity index (χ4n) is 3.90. The van der Waals surface area contributed by atoms with Gasteiger partial charge in [-0.2, -0.15) is 0 Å². The van der Waals surface area contributed by atoms with Gasteiger partial charge in [-0.25, -0.2) is 0 Å². The molecular formula is C21H27N. The Labute approximate surface area is 135 Å². The quantitative estimate of drug-likeness (QED) is 0.753. The van der Waals surface area contributed by atoms with Crippen LogP contribution in [-0.2, 0) is 6.42 Å². The lowest BCUT2D eigenvalue weighted by atomic mass is 9.91. The summed E-state index contributed by atoms with van der Waals surface area (Å²) >= 11 is 0. The molecule has 1 heterocycles. The van der Waals surface area contributed by atoms with Gasteiger partial charge in [0.05, 0.1) is 0 Å². The lowest BCUT2D eigenvalue weighted by Gasteiger charge is -2.35. The first-order valence-electron chi connectivity index (χ1n) is 8.59. The molecule has 0 fully saturated rings. The van der Waals surface area contributed by atoms with Gasteiger partial charge < -0.3 is 0 Å². The average Bonchev–Trinajstić information content (AvgIpc) is 2.71. The molecule has 1 heteroatoms. The minimum absolute atomic E-state index is 0.472. The maximum absolute atomic E-state index is 2.70. The van der Waals surface area contributed by atoms with Crippen LogP contribution in [0.15, 0.2) is 54.6 Å². The summed E-state index contributed by atoms with van der Waals surface area (Å²) < 4.78 is 0. The summed E-state index contributed by atoms with van der Waals surface area (Å²) in [5.41, 5.74) is 4.54. The Morgan fingerprint density at radius 2 is 1.73 bits per heavy atom. The third-order valence-electron chi connectivity index (χ3n) is 5.28. The van der Waals surface area contributed by atoms with Crippen LogP contribution >= 0.6 is 0 Å². The van der Waals surface area contributed by atoms with E-state index in [1.807, 2.05) is 0 Å². The first-order chi connectivity index (χ1) is 10.7. The van der Waals surface area contributed by atoms with Crippen molar-refractivity contribution >= 4 is 0 Å². The number of fused-ring (bicyclic) bond motifs is 1. The zero-order valence-corrected chi connectivity index (χ0v) is 14.0. The summed E-state index contributed by atoms with van der Waals surface area (Å²) in [5.74, 6) is 0.646. The highest BCUT2D eigenvalue weighted by Gasteiger charge is 2.29. The SMILES string of the molecule is CC[C@@H]1CN([C@@H](C)c2ccccc2)[C@@H](C)Cc2ccccc21. The molecule has 3 rings (SSSR count). The van der Waals surface area contributed by atoms with Gasteiger partial charge in [0.2, 0.25) is 0 Å². The van der Waals surface area contributed by atoms with Gasteiger partial charge >= 0.3 is 0 Å². The molecule has 0 bridgehead atoms. The lowest BCUT2D eigenvalue weighted by Crippen LogP contribution is -2.37. The van der Waals surface area contributed by atoms with E-state index in [4.69, 9.17) is 0 Å². The van der Waals surface area contributed by atoms with Gasteiger partial charge in [0.1, 0.15) is 0 Å². The average molecular weight is 293 g/mol. The highest BCUT2D eigenvalue weighted by Crippen LogP contribution is 2.34. The van der Waals surface area contributed by atoms with E-state index in [-0.39, 0.29) is 0 Å². The predicted octanol–water partition coefficient (Wildman–Crippen LogP) is 5.19. The van der Waals surface area contributed by atoms with Gasteiger partial charge in [-0.3, -0.25) is 4.90 Å². The van der Waals surface area contributed by atoms with Crippen molar-refractivity contribution in [2.75, 3.05) is 6.54 Å². The van der Waals surface area contributed by atoms with Gasteiger partial charge in [-0.05, 0) is 49.3 Å². The van der Waals surface area contributed by atoms with Crippen LogP contribution < -0.4 is 0 Å². The third kappa shape index (κ3) is 2.96. The highest BCUT2D eigenvalue weighted by molar-refractivity contribution is 5.33. The molecule has 22 heavy (non-hydrogen) atoms. The second-order valence-electron chi connectivity index (χ2n) is 6.64. The first-order valence-corrected chi connectivity index (χ1v) is 8.59. The van der Waals surface area contributed by atoms with Crippen molar-refractivity contribution in [1.29, 1.82) is 0 Å². The van der Waals surface area contributed by atoms with Crippen LogP contribution in [0.25, 0.3) is 0 Å². The molecule has 3 atom stereocenters. The van der Waals surface area contributed by atoms with Gasteiger partial charge in [0.25, 0.3) is 0 Å². The maximum atomic E-state index is 2.70. The Bertz CT molecular complexity index is 604. The lowest BCUT2D eigenvalue weighted by molar-refractivity contribution is 0.148. The zero-order valence-electron chi connectivity index (χ0n) is 14.0. The van der Waals surface area contributed by atoms with E-state index >= 15 is 0 Å². The van der Waals surface area contributed by atoms with Crippen molar-refractivity contribution in [3.8, 4) is 0 Å². The van der Waals surface area contributed by atoms with Crippen molar-refractivity contribution in [1.82, 2.24) is 4.90 Å². The van der Waals surface area contributed by atoms with E-state index in [0.717, 1.165) is 13.0 Å². The van der Waals surface area contributed by atoms with Crippen LogP contribution in [0, 0.1) is 0 Å². The number of rotatable bonds is 3. The molecule has 0 aliphatic carbocycles. The predicted molar refractivity (Wildman–Crippen MR) is 94.2 cm³/mol. The molecule has 0 spiro atoms. The standard InChI is InChI=1S/C21H27N/c1-4-18-15-22(17(3)19-10-6-5-7-11-19)16(2)14-20-12-8-9-13-21(18)20/h5-13,16-18H,4,14-15H2,1-3H3/t16-,17-,18+/m0/s1. The normalized spacial score (nSPS) is 23.6. The van der Waals surface area contributed by atoms with E-state index in [9.17, 15) is 0 Å². The summed E-state index contributed by atoms with van der Waals surface area (Å²) in [4.78, 5) is 2.70. The van der Waals surface area contributed by atoms with Gasteiger partial charge in [0.15, 0.2) is 0 Å². The number of benzene rings is 2. The van der Waals surface area contributed by atoms with Crippen LogP contribution in [0.4, 0.5) is 0 Å². The molecule has 1 aliphatic rings. The Kier molecular flexibility index (Phi) is 4.63. The van der Waals surface area contributed by atoms with Crippen LogP contribution in [0.5, 0.6) is 0 Å².